The van der Waals surface area contributed by atoms with Crippen LogP contribution >= 0.6 is 0 Å². The molecule has 2 aromatic rings. The van der Waals surface area contributed by atoms with Gasteiger partial charge in [0.2, 0.25) is 0 Å². The summed E-state index contributed by atoms with van der Waals surface area (Å²) in [6, 6.07) is 6.34. The van der Waals surface area contributed by atoms with E-state index in [9.17, 15) is 4.79 Å². The summed E-state index contributed by atoms with van der Waals surface area (Å²) in [5, 5.41) is 6.78. The monoisotopic (exact) mass is 428 g/mol. The first-order valence-electron chi connectivity index (χ1n) is 10.6. The van der Waals surface area contributed by atoms with Crippen molar-refractivity contribution in [2.75, 3.05) is 11.9 Å². The highest BCUT2D eigenvalue weighted by Gasteiger charge is 2.44. The number of anilines is 1. The molecule has 30 heavy (non-hydrogen) atoms. The lowest BCUT2D eigenvalue weighted by Crippen LogP contribution is -2.54. The Labute approximate surface area is 179 Å². The fraction of sp³-hybridized carbons (Fsp3) is 0.545. The molecule has 0 radical (unpaired) electrons. The van der Waals surface area contributed by atoms with Crippen LogP contribution in [-0.2, 0) is 15.7 Å². The lowest BCUT2D eigenvalue weighted by atomic mass is 9.89. The van der Waals surface area contributed by atoms with Crippen molar-refractivity contribution >= 4 is 20.0 Å². The van der Waals surface area contributed by atoms with Crippen molar-refractivity contribution in [1.82, 2.24) is 14.9 Å². The molecule has 1 aromatic heterocycles. The van der Waals surface area contributed by atoms with Crippen molar-refractivity contribution in [3.63, 3.8) is 0 Å². The Hall–Kier alpha value is -2.16. The van der Waals surface area contributed by atoms with Crippen molar-refractivity contribution in [3.05, 3.63) is 48.0 Å². The highest BCUT2D eigenvalue weighted by molar-refractivity contribution is 6.74. The number of carbonyl (C=O) groups excluding carboxylic acids is 1. The van der Waals surface area contributed by atoms with Crippen LogP contribution in [0.5, 0.6) is 0 Å². The van der Waals surface area contributed by atoms with Gasteiger partial charge in [-0.05, 0) is 35.8 Å². The number of imidazole rings is 1. The highest BCUT2D eigenvalue weighted by Crippen LogP contribution is 2.43. The van der Waals surface area contributed by atoms with Gasteiger partial charge in [0.05, 0.1) is 24.9 Å². The second kappa shape index (κ2) is 7.83. The molecule has 0 aliphatic carbocycles. The van der Waals surface area contributed by atoms with Gasteiger partial charge in [0.1, 0.15) is 6.33 Å². The largest absolute Gasteiger partial charge is 0.409 e. The maximum atomic E-state index is 12.1. The standard InChI is InChI=1S/C22H32N4O3Si/c1-22(2,3)30(4,5)29-20-13-28-19-11-18(20)25-17-7-6-15(10-16(17)19)12-24-21(27)26-9-8-23-14-26/h6-10,14,18-20,25H,11-13H2,1-5H3,(H,24,27)/t18-,19-,20+/m0/s1. The Morgan fingerprint density at radius 2 is 2.20 bits per heavy atom. The molecule has 2 aliphatic rings. The van der Waals surface area contributed by atoms with Crippen LogP contribution in [0.1, 0.15) is 44.4 Å². The lowest BCUT2D eigenvalue weighted by molar-refractivity contribution is -0.0620. The number of hydrogen-bond acceptors (Lipinski definition) is 5. The topological polar surface area (TPSA) is 77.4 Å². The Morgan fingerprint density at radius 3 is 2.90 bits per heavy atom. The number of fused-ring (bicyclic) bond motifs is 4. The minimum absolute atomic E-state index is 0.0646. The maximum Gasteiger partial charge on any atom is 0.327 e. The summed E-state index contributed by atoms with van der Waals surface area (Å²) in [5.74, 6) is 0. The predicted octanol–water partition coefficient (Wildman–Crippen LogP) is 4.29. The summed E-state index contributed by atoms with van der Waals surface area (Å²) >= 11 is 0. The van der Waals surface area contributed by atoms with E-state index in [1.807, 2.05) is 6.07 Å². The fourth-order valence-corrected chi connectivity index (χ4v) is 5.13. The van der Waals surface area contributed by atoms with Gasteiger partial charge in [-0.3, -0.25) is 4.57 Å². The van der Waals surface area contributed by atoms with E-state index in [0.717, 1.165) is 23.2 Å². The number of ether oxygens (including phenoxy) is 1. The first kappa shape index (κ1) is 21.1. The zero-order valence-corrected chi connectivity index (χ0v) is 19.4. The van der Waals surface area contributed by atoms with E-state index in [2.05, 4.69) is 61.6 Å². The van der Waals surface area contributed by atoms with E-state index in [1.54, 1.807) is 12.4 Å². The number of nitrogens with one attached hydrogen (secondary N) is 2. The Kier molecular flexibility index (Phi) is 5.50. The molecule has 7 nitrogen and oxygen atoms in total. The van der Waals surface area contributed by atoms with Crippen molar-refractivity contribution < 1.29 is 14.0 Å². The van der Waals surface area contributed by atoms with Crippen LogP contribution in [0.2, 0.25) is 18.1 Å². The summed E-state index contributed by atoms with van der Waals surface area (Å²) in [5.41, 5.74) is 3.31. The fourth-order valence-electron chi connectivity index (χ4n) is 3.79. The molecule has 4 rings (SSSR count). The van der Waals surface area contributed by atoms with E-state index in [0.29, 0.717) is 13.2 Å². The van der Waals surface area contributed by atoms with E-state index >= 15 is 0 Å². The van der Waals surface area contributed by atoms with E-state index in [1.165, 1.54) is 10.9 Å². The molecule has 0 saturated carbocycles. The summed E-state index contributed by atoms with van der Waals surface area (Å²) in [6.45, 7) is 12.4. The van der Waals surface area contributed by atoms with E-state index < -0.39 is 8.32 Å². The Morgan fingerprint density at radius 1 is 1.40 bits per heavy atom. The molecule has 3 heterocycles. The van der Waals surface area contributed by atoms with Crippen molar-refractivity contribution in [2.24, 2.45) is 0 Å². The van der Waals surface area contributed by atoms with E-state index in [-0.39, 0.29) is 29.3 Å². The molecule has 2 bridgehead atoms. The molecular formula is C22H32N4O3Si. The molecule has 3 atom stereocenters. The number of rotatable bonds is 4. The summed E-state index contributed by atoms with van der Waals surface area (Å²) in [6.07, 6.45) is 5.74. The number of hydrogen-bond donors (Lipinski definition) is 2. The van der Waals surface area contributed by atoms with Crippen LogP contribution in [0.4, 0.5) is 10.5 Å². The molecule has 2 N–H and O–H groups in total. The molecule has 1 amide bonds. The van der Waals surface area contributed by atoms with Gasteiger partial charge in [0.15, 0.2) is 8.32 Å². The summed E-state index contributed by atoms with van der Waals surface area (Å²) in [7, 11) is -1.86. The van der Waals surface area contributed by atoms with Crippen molar-refractivity contribution in [1.29, 1.82) is 0 Å². The first-order valence-corrected chi connectivity index (χ1v) is 13.5. The van der Waals surface area contributed by atoms with E-state index in [4.69, 9.17) is 9.16 Å². The number of carbonyl (C=O) groups is 1. The molecule has 1 aromatic carbocycles. The minimum Gasteiger partial charge on any atom is -0.409 e. The van der Waals surface area contributed by atoms with Gasteiger partial charge >= 0.3 is 6.03 Å². The van der Waals surface area contributed by atoms with Gasteiger partial charge in [-0.1, -0.05) is 26.8 Å². The van der Waals surface area contributed by atoms with Crippen LogP contribution in [0.3, 0.4) is 0 Å². The molecule has 0 spiro atoms. The quantitative estimate of drug-likeness (QED) is 0.711. The van der Waals surface area contributed by atoms with Crippen LogP contribution in [-0.4, -0.2) is 42.7 Å². The molecule has 0 unspecified atom stereocenters. The molecule has 2 aliphatic heterocycles. The normalized spacial score (nSPS) is 23.4. The van der Waals surface area contributed by atoms with Gasteiger partial charge in [0.25, 0.3) is 0 Å². The van der Waals surface area contributed by atoms with Crippen LogP contribution < -0.4 is 10.6 Å². The molecule has 1 fully saturated rings. The smallest absolute Gasteiger partial charge is 0.327 e. The van der Waals surface area contributed by atoms with Gasteiger partial charge in [0, 0.05) is 36.6 Å². The van der Waals surface area contributed by atoms with Crippen LogP contribution in [0, 0.1) is 0 Å². The summed E-state index contributed by atoms with van der Waals surface area (Å²) < 4.78 is 14.3. The lowest BCUT2D eigenvalue weighted by Gasteiger charge is -2.47. The van der Waals surface area contributed by atoms with Gasteiger partial charge in [-0.15, -0.1) is 0 Å². The third-order valence-electron chi connectivity index (χ3n) is 6.62. The molecule has 8 heteroatoms. The number of aromatic nitrogens is 2. The first-order chi connectivity index (χ1) is 14.1. The van der Waals surface area contributed by atoms with Crippen molar-refractivity contribution in [3.8, 4) is 0 Å². The maximum absolute atomic E-state index is 12.1. The third-order valence-corrected chi connectivity index (χ3v) is 11.1. The molecular weight excluding hydrogens is 396 g/mol. The van der Waals surface area contributed by atoms with Gasteiger partial charge < -0.3 is 19.8 Å². The van der Waals surface area contributed by atoms with Crippen molar-refractivity contribution in [2.45, 2.75) is 70.1 Å². The Bertz CT molecular complexity index is 908. The van der Waals surface area contributed by atoms with Gasteiger partial charge in [-0.25, -0.2) is 9.78 Å². The average Bonchev–Trinajstić information content (AvgIpc) is 3.22. The third kappa shape index (κ3) is 4.17. The second-order valence-corrected chi connectivity index (χ2v) is 14.5. The SMILES string of the molecule is CC(C)(C)[Si](C)(C)O[C@@H]1CO[C@H]2C[C@@H]1Nc1ccc(CNC(=O)n3ccnc3)cc12. The number of amides is 1. The van der Waals surface area contributed by atoms with Crippen LogP contribution in [0.25, 0.3) is 0 Å². The van der Waals surface area contributed by atoms with Crippen LogP contribution in [0.15, 0.2) is 36.9 Å². The average molecular weight is 429 g/mol. The second-order valence-electron chi connectivity index (χ2n) is 9.78. The highest BCUT2D eigenvalue weighted by atomic mass is 28.4. The summed E-state index contributed by atoms with van der Waals surface area (Å²) in [4.78, 5) is 16.0. The predicted molar refractivity (Wildman–Crippen MR) is 119 cm³/mol. The molecule has 162 valence electrons. The Balaban J connectivity index is 1.43. The number of benzene rings is 1. The zero-order chi connectivity index (χ0) is 21.5. The number of nitrogens with zero attached hydrogens (tertiary/aromatic N) is 2. The molecule has 1 saturated heterocycles. The minimum atomic E-state index is -1.86. The zero-order valence-electron chi connectivity index (χ0n) is 18.4. The van der Waals surface area contributed by atoms with Gasteiger partial charge in [-0.2, -0.15) is 0 Å².